The van der Waals surface area contributed by atoms with Gasteiger partial charge >= 0.3 is 0 Å². The van der Waals surface area contributed by atoms with Crippen LogP contribution in [0.4, 0.5) is 0 Å². The Balaban J connectivity index is 1.77. The molecule has 2 unspecified atom stereocenters. The van der Waals surface area contributed by atoms with E-state index in [4.69, 9.17) is 0 Å². The van der Waals surface area contributed by atoms with Crippen molar-refractivity contribution in [2.45, 2.75) is 51.2 Å². The van der Waals surface area contributed by atoms with Crippen LogP contribution in [-0.2, 0) is 13.0 Å². The molecule has 0 aliphatic heterocycles. The van der Waals surface area contributed by atoms with Gasteiger partial charge in [0.2, 0.25) is 0 Å². The van der Waals surface area contributed by atoms with Gasteiger partial charge in [-0.25, -0.2) is 0 Å². The standard InChI is InChI=1S/C15H21NO/c17-15-8-4-7-14-13(15)9-10-16(14)11-12-5-2-1-3-6-12/h1-2,9-10,12,15,17H,3-8,11H2. The summed E-state index contributed by atoms with van der Waals surface area (Å²) in [5, 5.41) is 9.96. The van der Waals surface area contributed by atoms with Gasteiger partial charge in [-0.1, -0.05) is 12.2 Å². The van der Waals surface area contributed by atoms with Crippen molar-refractivity contribution in [1.29, 1.82) is 0 Å². The van der Waals surface area contributed by atoms with E-state index in [1.54, 1.807) is 0 Å². The lowest BCUT2D eigenvalue weighted by Crippen LogP contribution is -2.16. The number of nitrogens with zero attached hydrogens (tertiary/aromatic N) is 1. The molecule has 2 aliphatic rings. The Hall–Kier alpha value is -1.02. The molecular formula is C15H21NO. The van der Waals surface area contributed by atoms with Crippen molar-refractivity contribution in [3.05, 3.63) is 35.7 Å². The summed E-state index contributed by atoms with van der Waals surface area (Å²) in [5.41, 5.74) is 2.57. The summed E-state index contributed by atoms with van der Waals surface area (Å²) in [5.74, 6) is 0.788. The van der Waals surface area contributed by atoms with Crippen molar-refractivity contribution in [2.24, 2.45) is 5.92 Å². The average Bonchev–Trinajstić information content (AvgIpc) is 2.76. The molecule has 92 valence electrons. The van der Waals surface area contributed by atoms with Gasteiger partial charge in [0.05, 0.1) is 6.10 Å². The zero-order valence-corrected chi connectivity index (χ0v) is 10.3. The topological polar surface area (TPSA) is 25.2 Å². The fourth-order valence-electron chi connectivity index (χ4n) is 3.20. The van der Waals surface area contributed by atoms with E-state index in [2.05, 4.69) is 29.0 Å². The van der Waals surface area contributed by atoms with Crippen LogP contribution >= 0.6 is 0 Å². The minimum Gasteiger partial charge on any atom is -0.388 e. The first-order valence-corrected chi connectivity index (χ1v) is 6.85. The summed E-state index contributed by atoms with van der Waals surface area (Å²) >= 11 is 0. The number of aromatic nitrogens is 1. The molecule has 17 heavy (non-hydrogen) atoms. The van der Waals surface area contributed by atoms with Crippen LogP contribution in [0, 0.1) is 5.92 Å². The second-order valence-electron chi connectivity index (χ2n) is 5.43. The first-order valence-electron chi connectivity index (χ1n) is 6.85. The molecule has 0 radical (unpaired) electrons. The minimum atomic E-state index is -0.216. The van der Waals surface area contributed by atoms with Gasteiger partial charge < -0.3 is 9.67 Å². The zero-order valence-electron chi connectivity index (χ0n) is 10.3. The van der Waals surface area contributed by atoms with Gasteiger partial charge in [-0.2, -0.15) is 0 Å². The molecule has 0 saturated heterocycles. The summed E-state index contributed by atoms with van der Waals surface area (Å²) in [6.45, 7) is 1.13. The third-order valence-electron chi connectivity index (χ3n) is 4.20. The number of hydrogen-bond donors (Lipinski definition) is 1. The number of aliphatic hydroxyl groups excluding tert-OH is 1. The minimum absolute atomic E-state index is 0.216. The molecule has 2 atom stereocenters. The molecular weight excluding hydrogens is 210 g/mol. The Kier molecular flexibility index (Phi) is 3.06. The van der Waals surface area contributed by atoms with Crippen molar-refractivity contribution in [3.8, 4) is 0 Å². The first-order chi connectivity index (χ1) is 8.34. The van der Waals surface area contributed by atoms with Crippen molar-refractivity contribution in [3.63, 3.8) is 0 Å². The van der Waals surface area contributed by atoms with Gasteiger partial charge in [-0.3, -0.25) is 0 Å². The van der Waals surface area contributed by atoms with Crippen molar-refractivity contribution < 1.29 is 5.11 Å². The molecule has 0 spiro atoms. The van der Waals surface area contributed by atoms with Gasteiger partial charge in [0.1, 0.15) is 0 Å². The third kappa shape index (κ3) is 2.19. The lowest BCUT2D eigenvalue weighted by Gasteiger charge is -2.23. The number of aliphatic hydroxyl groups is 1. The second kappa shape index (κ2) is 4.69. The second-order valence-corrected chi connectivity index (χ2v) is 5.43. The number of fused-ring (bicyclic) bond motifs is 1. The maximum Gasteiger partial charge on any atom is 0.0807 e. The quantitative estimate of drug-likeness (QED) is 0.777. The van der Waals surface area contributed by atoms with Crippen LogP contribution in [0.2, 0.25) is 0 Å². The van der Waals surface area contributed by atoms with Crippen LogP contribution in [0.25, 0.3) is 0 Å². The Morgan fingerprint density at radius 2 is 2.24 bits per heavy atom. The fraction of sp³-hybridized carbons (Fsp3) is 0.600. The van der Waals surface area contributed by atoms with E-state index in [9.17, 15) is 5.11 Å². The molecule has 1 aromatic rings. The molecule has 2 heteroatoms. The highest BCUT2D eigenvalue weighted by Crippen LogP contribution is 2.31. The van der Waals surface area contributed by atoms with E-state index in [0.717, 1.165) is 31.7 Å². The summed E-state index contributed by atoms with van der Waals surface area (Å²) in [6.07, 6.45) is 13.5. The molecule has 0 aromatic carbocycles. The first kappa shape index (κ1) is 11.1. The van der Waals surface area contributed by atoms with Crippen LogP contribution in [0.3, 0.4) is 0 Å². The molecule has 2 aliphatic carbocycles. The predicted octanol–water partition coefficient (Wildman–Crippen LogP) is 3.21. The summed E-state index contributed by atoms with van der Waals surface area (Å²) < 4.78 is 2.39. The van der Waals surface area contributed by atoms with E-state index in [0.29, 0.717) is 0 Å². The SMILES string of the molecule is OC1CCCc2c1ccn2CC1CC=CCC1. The van der Waals surface area contributed by atoms with Gasteiger partial charge in [0.25, 0.3) is 0 Å². The van der Waals surface area contributed by atoms with Crippen molar-refractivity contribution >= 4 is 0 Å². The monoisotopic (exact) mass is 231 g/mol. The van der Waals surface area contributed by atoms with Crippen LogP contribution in [0.1, 0.15) is 49.5 Å². The maximum absolute atomic E-state index is 9.96. The van der Waals surface area contributed by atoms with E-state index in [-0.39, 0.29) is 6.10 Å². The fourth-order valence-corrected chi connectivity index (χ4v) is 3.20. The molecule has 1 N–H and O–H groups in total. The molecule has 0 amide bonds. The smallest absolute Gasteiger partial charge is 0.0807 e. The van der Waals surface area contributed by atoms with E-state index >= 15 is 0 Å². The number of rotatable bonds is 2. The summed E-state index contributed by atoms with van der Waals surface area (Å²) in [7, 11) is 0. The Bertz CT molecular complexity index is 419. The zero-order chi connectivity index (χ0) is 11.7. The lowest BCUT2D eigenvalue weighted by molar-refractivity contribution is 0.155. The molecule has 1 aromatic heterocycles. The van der Waals surface area contributed by atoms with E-state index in [1.165, 1.54) is 30.5 Å². The van der Waals surface area contributed by atoms with Crippen LogP contribution in [-0.4, -0.2) is 9.67 Å². The van der Waals surface area contributed by atoms with E-state index in [1.807, 2.05) is 0 Å². The lowest BCUT2D eigenvalue weighted by atomic mass is 9.93. The maximum atomic E-state index is 9.96. The molecule has 1 heterocycles. The molecule has 3 rings (SSSR count). The van der Waals surface area contributed by atoms with Crippen molar-refractivity contribution in [1.82, 2.24) is 4.57 Å². The van der Waals surface area contributed by atoms with Crippen molar-refractivity contribution in [2.75, 3.05) is 0 Å². The third-order valence-corrected chi connectivity index (χ3v) is 4.20. The number of hydrogen-bond acceptors (Lipinski definition) is 1. The van der Waals surface area contributed by atoms with Crippen LogP contribution in [0.5, 0.6) is 0 Å². The van der Waals surface area contributed by atoms with E-state index < -0.39 is 0 Å². The Morgan fingerprint density at radius 1 is 1.29 bits per heavy atom. The van der Waals surface area contributed by atoms with Gasteiger partial charge in [0, 0.05) is 24.0 Å². The normalized spacial score (nSPS) is 28.1. The average molecular weight is 231 g/mol. The molecule has 0 fully saturated rings. The summed E-state index contributed by atoms with van der Waals surface area (Å²) in [6, 6.07) is 2.12. The Morgan fingerprint density at radius 3 is 3.06 bits per heavy atom. The van der Waals surface area contributed by atoms with Crippen LogP contribution < -0.4 is 0 Å². The highest BCUT2D eigenvalue weighted by atomic mass is 16.3. The predicted molar refractivity (Wildman–Crippen MR) is 68.8 cm³/mol. The highest BCUT2D eigenvalue weighted by molar-refractivity contribution is 5.27. The van der Waals surface area contributed by atoms with Gasteiger partial charge in [0.15, 0.2) is 0 Å². The molecule has 0 saturated carbocycles. The highest BCUT2D eigenvalue weighted by Gasteiger charge is 2.22. The largest absolute Gasteiger partial charge is 0.388 e. The summed E-state index contributed by atoms with van der Waals surface area (Å²) in [4.78, 5) is 0. The number of allylic oxidation sites excluding steroid dienone is 2. The molecule has 2 nitrogen and oxygen atoms in total. The van der Waals surface area contributed by atoms with Gasteiger partial charge in [-0.15, -0.1) is 0 Å². The molecule has 0 bridgehead atoms. The van der Waals surface area contributed by atoms with Gasteiger partial charge in [-0.05, 0) is 50.5 Å². The van der Waals surface area contributed by atoms with Crippen LogP contribution in [0.15, 0.2) is 24.4 Å². The Labute approximate surface area is 103 Å².